The zero-order chi connectivity index (χ0) is 21.5. The number of nitro benzene ring substituents is 1. The molecule has 0 unspecified atom stereocenters. The van der Waals surface area contributed by atoms with Crippen molar-refractivity contribution in [3.8, 4) is 0 Å². The fraction of sp³-hybridized carbons (Fsp3) is 0.364. The van der Waals surface area contributed by atoms with Crippen LogP contribution >= 0.6 is 0 Å². The molecular weight excluding hydrogens is 386 g/mol. The van der Waals surface area contributed by atoms with E-state index in [9.17, 15) is 19.7 Å². The molecule has 2 aromatic carbocycles. The third-order valence-corrected chi connectivity index (χ3v) is 5.21. The number of benzene rings is 2. The van der Waals surface area contributed by atoms with Crippen molar-refractivity contribution in [1.82, 2.24) is 10.2 Å². The average Bonchev–Trinajstić information content (AvgIpc) is 2.78. The van der Waals surface area contributed by atoms with Gasteiger partial charge in [-0.3, -0.25) is 19.8 Å². The van der Waals surface area contributed by atoms with Gasteiger partial charge in [0.1, 0.15) is 0 Å². The molecule has 1 aliphatic heterocycles. The molecule has 8 nitrogen and oxygen atoms in total. The predicted molar refractivity (Wildman–Crippen MR) is 111 cm³/mol. The molecule has 0 atom stereocenters. The number of hydrogen-bond acceptors (Lipinski definition) is 6. The smallest absolute Gasteiger partial charge is 0.338 e. The van der Waals surface area contributed by atoms with Crippen molar-refractivity contribution in [2.75, 3.05) is 20.2 Å². The lowest BCUT2D eigenvalue weighted by atomic mass is 10.0. The Hall–Kier alpha value is -3.26. The van der Waals surface area contributed by atoms with Crippen LogP contribution < -0.4 is 5.32 Å². The fourth-order valence-electron chi connectivity index (χ4n) is 3.60. The van der Waals surface area contributed by atoms with Crippen molar-refractivity contribution >= 4 is 17.6 Å². The van der Waals surface area contributed by atoms with Crippen LogP contribution in [0, 0.1) is 10.1 Å². The van der Waals surface area contributed by atoms with Crippen molar-refractivity contribution in [3.63, 3.8) is 0 Å². The summed E-state index contributed by atoms with van der Waals surface area (Å²) in [6.07, 6.45) is 3.67. The number of rotatable bonds is 7. The quantitative estimate of drug-likeness (QED) is 0.426. The first-order valence-corrected chi connectivity index (χ1v) is 9.93. The molecule has 30 heavy (non-hydrogen) atoms. The minimum absolute atomic E-state index is 0.0395. The zero-order valence-electron chi connectivity index (χ0n) is 16.9. The minimum Gasteiger partial charge on any atom is -0.465 e. The molecule has 2 aromatic rings. The third kappa shape index (κ3) is 5.42. The van der Waals surface area contributed by atoms with E-state index >= 15 is 0 Å². The van der Waals surface area contributed by atoms with E-state index in [1.807, 2.05) is 18.2 Å². The number of piperidine rings is 1. The number of nitrogens with one attached hydrogen (secondary N) is 1. The lowest BCUT2D eigenvalue weighted by Crippen LogP contribution is -2.30. The summed E-state index contributed by atoms with van der Waals surface area (Å²) < 4.78 is 4.63. The summed E-state index contributed by atoms with van der Waals surface area (Å²) in [7, 11) is 1.18. The van der Waals surface area contributed by atoms with E-state index in [4.69, 9.17) is 0 Å². The molecule has 3 rings (SSSR count). The highest BCUT2D eigenvalue weighted by atomic mass is 16.6. The second kappa shape index (κ2) is 9.98. The van der Waals surface area contributed by atoms with Crippen LogP contribution in [-0.2, 0) is 17.8 Å². The Labute approximate surface area is 175 Å². The molecule has 0 saturated carbocycles. The largest absolute Gasteiger partial charge is 0.465 e. The molecule has 0 aliphatic carbocycles. The number of esters is 1. The molecule has 1 N–H and O–H groups in total. The Morgan fingerprint density at radius 2 is 1.73 bits per heavy atom. The molecule has 1 heterocycles. The topological polar surface area (TPSA) is 102 Å². The first kappa shape index (κ1) is 21.4. The number of methoxy groups -OCH3 is 1. The summed E-state index contributed by atoms with van der Waals surface area (Å²) in [5.41, 5.74) is 1.80. The third-order valence-electron chi connectivity index (χ3n) is 5.21. The standard InChI is InChI=1S/C22H25N3O5/c1-30-22(27)19-11-18(12-20(13-19)25(28)29)21(26)23-14-16-7-3-4-8-17(16)15-24-9-5-2-6-10-24/h3-4,7-8,11-13H,2,5-6,9-10,14-15H2,1H3,(H,23,26). The summed E-state index contributed by atoms with van der Waals surface area (Å²) in [5.74, 6) is -1.23. The van der Waals surface area contributed by atoms with Crippen LogP contribution in [0.2, 0.25) is 0 Å². The van der Waals surface area contributed by atoms with Gasteiger partial charge < -0.3 is 10.1 Å². The average molecular weight is 411 g/mol. The summed E-state index contributed by atoms with van der Waals surface area (Å²) in [5, 5.41) is 14.0. The second-order valence-corrected chi connectivity index (χ2v) is 7.31. The van der Waals surface area contributed by atoms with Gasteiger partial charge in [0.15, 0.2) is 0 Å². The first-order chi connectivity index (χ1) is 14.5. The maximum atomic E-state index is 12.7. The molecule has 1 aliphatic rings. The van der Waals surface area contributed by atoms with Gasteiger partial charge in [-0.2, -0.15) is 0 Å². The molecule has 1 fully saturated rings. The molecule has 0 spiro atoms. The van der Waals surface area contributed by atoms with E-state index in [0.717, 1.165) is 42.9 Å². The van der Waals surface area contributed by atoms with Crippen molar-refractivity contribution in [2.24, 2.45) is 0 Å². The number of ether oxygens (including phenoxy) is 1. The normalized spacial score (nSPS) is 14.2. The number of hydrogen-bond donors (Lipinski definition) is 1. The summed E-state index contributed by atoms with van der Waals surface area (Å²) in [4.78, 5) is 37.4. The van der Waals surface area contributed by atoms with Gasteiger partial charge in [0, 0.05) is 30.8 Å². The SMILES string of the molecule is COC(=O)c1cc(C(=O)NCc2ccccc2CN2CCCCC2)cc([N+](=O)[O-])c1. The van der Waals surface area contributed by atoms with Crippen LogP contribution in [0.4, 0.5) is 5.69 Å². The van der Waals surface area contributed by atoms with Gasteiger partial charge in [-0.1, -0.05) is 30.7 Å². The van der Waals surface area contributed by atoms with Crippen LogP contribution in [0.25, 0.3) is 0 Å². The molecule has 158 valence electrons. The summed E-state index contributed by atoms with van der Waals surface area (Å²) >= 11 is 0. The van der Waals surface area contributed by atoms with Gasteiger partial charge in [0.2, 0.25) is 0 Å². The van der Waals surface area contributed by atoms with Crippen LogP contribution in [0.5, 0.6) is 0 Å². The Morgan fingerprint density at radius 3 is 2.40 bits per heavy atom. The summed E-state index contributed by atoms with van der Waals surface area (Å²) in [6.45, 7) is 3.27. The van der Waals surface area contributed by atoms with Gasteiger partial charge in [-0.15, -0.1) is 0 Å². The van der Waals surface area contributed by atoms with E-state index in [1.165, 1.54) is 32.4 Å². The fourth-order valence-corrected chi connectivity index (χ4v) is 3.60. The Morgan fingerprint density at radius 1 is 1.07 bits per heavy atom. The Bertz CT molecular complexity index is 938. The zero-order valence-corrected chi connectivity index (χ0v) is 16.9. The van der Waals surface area contributed by atoms with Crippen molar-refractivity contribution in [2.45, 2.75) is 32.4 Å². The Balaban J connectivity index is 1.73. The molecule has 0 bridgehead atoms. The minimum atomic E-state index is -0.736. The highest BCUT2D eigenvalue weighted by Crippen LogP contribution is 2.19. The molecular formula is C22H25N3O5. The molecule has 0 radical (unpaired) electrons. The lowest BCUT2D eigenvalue weighted by Gasteiger charge is -2.27. The number of carbonyl (C=O) groups is 2. The molecule has 8 heteroatoms. The van der Waals surface area contributed by atoms with Crippen LogP contribution in [-0.4, -0.2) is 41.9 Å². The van der Waals surface area contributed by atoms with Crippen LogP contribution in [0.15, 0.2) is 42.5 Å². The van der Waals surface area contributed by atoms with Crippen molar-refractivity contribution in [3.05, 3.63) is 74.8 Å². The number of carbonyl (C=O) groups excluding carboxylic acids is 2. The highest BCUT2D eigenvalue weighted by molar-refractivity contribution is 5.98. The number of nitro groups is 1. The highest BCUT2D eigenvalue weighted by Gasteiger charge is 2.19. The number of nitrogens with zero attached hydrogens (tertiary/aromatic N) is 2. The maximum Gasteiger partial charge on any atom is 0.338 e. The van der Waals surface area contributed by atoms with Crippen LogP contribution in [0.3, 0.4) is 0 Å². The van der Waals surface area contributed by atoms with Gasteiger partial charge in [0.05, 0.1) is 17.6 Å². The first-order valence-electron chi connectivity index (χ1n) is 9.93. The molecule has 1 amide bonds. The van der Waals surface area contributed by atoms with E-state index < -0.39 is 16.8 Å². The maximum absolute atomic E-state index is 12.7. The summed E-state index contributed by atoms with van der Waals surface area (Å²) in [6, 6.07) is 11.5. The van der Waals surface area contributed by atoms with Crippen LogP contribution in [0.1, 0.15) is 51.1 Å². The van der Waals surface area contributed by atoms with Gasteiger partial charge in [-0.05, 0) is 43.1 Å². The van der Waals surface area contributed by atoms with E-state index in [0.29, 0.717) is 6.54 Å². The van der Waals surface area contributed by atoms with E-state index in [1.54, 1.807) is 0 Å². The second-order valence-electron chi connectivity index (χ2n) is 7.31. The monoisotopic (exact) mass is 411 g/mol. The number of non-ortho nitro benzene ring substituents is 1. The number of likely N-dealkylation sites (tertiary alicyclic amines) is 1. The lowest BCUT2D eigenvalue weighted by molar-refractivity contribution is -0.384. The van der Waals surface area contributed by atoms with Crippen molar-refractivity contribution < 1.29 is 19.2 Å². The number of amides is 1. The molecule has 0 aromatic heterocycles. The molecule has 1 saturated heterocycles. The van der Waals surface area contributed by atoms with Gasteiger partial charge in [-0.25, -0.2) is 4.79 Å². The Kier molecular flexibility index (Phi) is 7.13. The van der Waals surface area contributed by atoms with E-state index in [2.05, 4.69) is 21.0 Å². The van der Waals surface area contributed by atoms with Gasteiger partial charge in [0.25, 0.3) is 11.6 Å². The van der Waals surface area contributed by atoms with Gasteiger partial charge >= 0.3 is 5.97 Å². The van der Waals surface area contributed by atoms with Crippen molar-refractivity contribution in [1.29, 1.82) is 0 Å². The van der Waals surface area contributed by atoms with E-state index in [-0.39, 0.29) is 16.8 Å². The predicted octanol–water partition coefficient (Wildman–Crippen LogP) is 3.30.